The summed E-state index contributed by atoms with van der Waals surface area (Å²) in [5.74, 6) is -0.857. The van der Waals surface area contributed by atoms with Crippen molar-refractivity contribution in [1.29, 1.82) is 0 Å². The summed E-state index contributed by atoms with van der Waals surface area (Å²) in [5, 5.41) is 16.7. The Kier molecular flexibility index (Phi) is 26.9. The highest BCUT2D eigenvalue weighted by Gasteiger charge is 2.23. The van der Waals surface area contributed by atoms with E-state index in [9.17, 15) is 9.59 Å². The highest BCUT2D eigenvalue weighted by molar-refractivity contribution is 5.87. The van der Waals surface area contributed by atoms with Crippen LogP contribution in [0.5, 0.6) is 0 Å². The predicted octanol–water partition coefficient (Wildman–Crippen LogP) is 1.07. The molecule has 0 saturated heterocycles. The van der Waals surface area contributed by atoms with Crippen LogP contribution in [-0.2, 0) is 47.5 Å². The van der Waals surface area contributed by atoms with Gasteiger partial charge < -0.3 is 48.1 Å². The second-order valence-electron chi connectivity index (χ2n) is 8.41. The third-order valence-corrected chi connectivity index (χ3v) is 3.94. The van der Waals surface area contributed by atoms with Crippen molar-refractivity contribution in [3.63, 3.8) is 0 Å². The summed E-state index contributed by atoms with van der Waals surface area (Å²) < 4.78 is 41.2. The molecule has 0 saturated carbocycles. The quantitative estimate of drug-likeness (QED) is 0.100. The van der Waals surface area contributed by atoms with Crippen LogP contribution in [0, 0.1) is 0 Å². The molecule has 0 aromatic carbocycles. The van der Waals surface area contributed by atoms with Gasteiger partial charge in [-0.25, -0.2) is 9.59 Å². The standard InChI is InChI=1S/C18H30O7.C8H18O5/c1-14(2)16(19)24-12-11-22-8-7-21-9-10-23-13-18(5,6)25-17(20)15(3)4;9-1-3-11-5-7-13-8-6-12-4-2-10/h1,3,7-13H2,2,4-6H3;9-10H,1-8H2. The van der Waals surface area contributed by atoms with E-state index < -0.39 is 17.5 Å². The largest absolute Gasteiger partial charge is 0.460 e. The van der Waals surface area contributed by atoms with E-state index in [1.807, 2.05) is 0 Å². The molecular formula is C26H48O12. The molecule has 12 heteroatoms. The Bertz CT molecular complexity index is 611. The molecule has 0 aliphatic carbocycles. The van der Waals surface area contributed by atoms with Crippen LogP contribution < -0.4 is 0 Å². The molecule has 2 N–H and O–H groups in total. The van der Waals surface area contributed by atoms with Crippen molar-refractivity contribution in [2.45, 2.75) is 33.3 Å². The molecule has 0 unspecified atom stereocenters. The number of carbonyl (C=O) groups excluding carboxylic acids is 2. The summed E-state index contributed by atoms with van der Waals surface area (Å²) >= 11 is 0. The lowest BCUT2D eigenvalue weighted by Gasteiger charge is -2.25. The molecule has 0 aromatic rings. The first-order valence-electron chi connectivity index (χ1n) is 12.5. The van der Waals surface area contributed by atoms with E-state index >= 15 is 0 Å². The van der Waals surface area contributed by atoms with Gasteiger partial charge in [0.25, 0.3) is 0 Å². The summed E-state index contributed by atoms with van der Waals surface area (Å²) in [6.07, 6.45) is 0. The fourth-order valence-corrected chi connectivity index (χ4v) is 2.11. The van der Waals surface area contributed by atoms with E-state index in [1.54, 1.807) is 27.7 Å². The predicted molar refractivity (Wildman–Crippen MR) is 140 cm³/mol. The van der Waals surface area contributed by atoms with Crippen molar-refractivity contribution in [2.24, 2.45) is 0 Å². The molecule has 0 spiro atoms. The van der Waals surface area contributed by atoms with Crippen molar-refractivity contribution < 1.29 is 57.7 Å². The Morgan fingerprint density at radius 2 is 0.921 bits per heavy atom. The minimum atomic E-state index is -0.722. The average molecular weight is 553 g/mol. The maximum Gasteiger partial charge on any atom is 0.333 e. The van der Waals surface area contributed by atoms with Gasteiger partial charge in [-0.2, -0.15) is 0 Å². The van der Waals surface area contributed by atoms with Crippen molar-refractivity contribution in [3.05, 3.63) is 24.3 Å². The molecule has 0 aliphatic rings. The number of hydrogen-bond donors (Lipinski definition) is 2. The van der Waals surface area contributed by atoms with Gasteiger partial charge in [-0.1, -0.05) is 13.2 Å². The number of aliphatic hydroxyl groups is 2. The normalized spacial score (nSPS) is 10.9. The second-order valence-corrected chi connectivity index (χ2v) is 8.41. The molecule has 0 heterocycles. The monoisotopic (exact) mass is 552 g/mol. The molecule has 0 aromatic heterocycles. The lowest BCUT2D eigenvalue weighted by atomic mass is 10.1. The van der Waals surface area contributed by atoms with E-state index in [2.05, 4.69) is 13.2 Å². The Morgan fingerprint density at radius 1 is 0.579 bits per heavy atom. The van der Waals surface area contributed by atoms with E-state index in [0.29, 0.717) is 83.8 Å². The number of hydrogen-bond acceptors (Lipinski definition) is 12. The number of aliphatic hydroxyl groups excluding tert-OH is 2. The van der Waals surface area contributed by atoms with Gasteiger partial charge in [0.1, 0.15) is 12.2 Å². The third kappa shape index (κ3) is 28.7. The topological polar surface area (TPSA) is 148 Å². The van der Waals surface area contributed by atoms with Crippen LogP contribution in [0.4, 0.5) is 0 Å². The van der Waals surface area contributed by atoms with E-state index in [4.69, 9.17) is 48.1 Å². The van der Waals surface area contributed by atoms with Gasteiger partial charge in [0.15, 0.2) is 0 Å². The number of ether oxygens (including phenoxy) is 8. The molecule has 0 atom stereocenters. The minimum absolute atomic E-state index is 0.0413. The molecule has 12 nitrogen and oxygen atoms in total. The Labute approximate surface area is 226 Å². The van der Waals surface area contributed by atoms with Gasteiger partial charge in [0.05, 0.1) is 92.5 Å². The van der Waals surface area contributed by atoms with Crippen LogP contribution in [0.1, 0.15) is 27.7 Å². The van der Waals surface area contributed by atoms with Crippen LogP contribution in [-0.4, -0.2) is 127 Å². The van der Waals surface area contributed by atoms with Crippen molar-refractivity contribution in [2.75, 3.05) is 99.1 Å². The van der Waals surface area contributed by atoms with Crippen molar-refractivity contribution >= 4 is 11.9 Å². The molecule has 0 radical (unpaired) electrons. The molecule has 0 fully saturated rings. The van der Waals surface area contributed by atoms with Gasteiger partial charge in [0, 0.05) is 11.1 Å². The average Bonchev–Trinajstić information content (AvgIpc) is 2.86. The van der Waals surface area contributed by atoms with Crippen LogP contribution in [0.25, 0.3) is 0 Å². The highest BCUT2D eigenvalue weighted by Crippen LogP contribution is 2.12. The minimum Gasteiger partial charge on any atom is -0.460 e. The maximum absolute atomic E-state index is 11.5. The summed E-state index contributed by atoms with van der Waals surface area (Å²) in [6.45, 7) is 18.8. The first-order chi connectivity index (χ1) is 18.1. The van der Waals surface area contributed by atoms with E-state index in [0.717, 1.165) is 0 Å². The van der Waals surface area contributed by atoms with Gasteiger partial charge in [-0.3, -0.25) is 0 Å². The van der Waals surface area contributed by atoms with Crippen LogP contribution in [0.2, 0.25) is 0 Å². The van der Waals surface area contributed by atoms with E-state index in [1.165, 1.54) is 0 Å². The summed E-state index contributed by atoms with van der Waals surface area (Å²) in [7, 11) is 0. The Hall–Kier alpha value is -1.90. The highest BCUT2D eigenvalue weighted by atomic mass is 16.6. The second kappa shape index (κ2) is 26.7. The first-order valence-corrected chi connectivity index (χ1v) is 12.5. The summed E-state index contributed by atoms with van der Waals surface area (Å²) in [6, 6.07) is 0. The zero-order valence-corrected chi connectivity index (χ0v) is 23.5. The van der Waals surface area contributed by atoms with Crippen molar-refractivity contribution in [3.8, 4) is 0 Å². The molecule has 0 amide bonds. The van der Waals surface area contributed by atoms with Gasteiger partial charge in [-0.05, 0) is 27.7 Å². The zero-order chi connectivity index (χ0) is 29.1. The number of carbonyl (C=O) groups is 2. The van der Waals surface area contributed by atoms with Gasteiger partial charge in [0.2, 0.25) is 0 Å². The molecule has 38 heavy (non-hydrogen) atoms. The van der Waals surface area contributed by atoms with Gasteiger partial charge >= 0.3 is 11.9 Å². The maximum atomic E-state index is 11.5. The molecular weight excluding hydrogens is 504 g/mol. The smallest absolute Gasteiger partial charge is 0.333 e. The fraction of sp³-hybridized carbons (Fsp3) is 0.769. The zero-order valence-electron chi connectivity index (χ0n) is 23.5. The van der Waals surface area contributed by atoms with Crippen LogP contribution >= 0.6 is 0 Å². The summed E-state index contributed by atoms with van der Waals surface area (Å²) in [4.78, 5) is 22.6. The Morgan fingerprint density at radius 3 is 1.29 bits per heavy atom. The van der Waals surface area contributed by atoms with Crippen molar-refractivity contribution in [1.82, 2.24) is 0 Å². The molecule has 0 rings (SSSR count). The lowest BCUT2D eigenvalue weighted by Crippen LogP contribution is -2.34. The van der Waals surface area contributed by atoms with Crippen LogP contribution in [0.15, 0.2) is 24.3 Å². The van der Waals surface area contributed by atoms with Gasteiger partial charge in [-0.15, -0.1) is 0 Å². The molecule has 224 valence electrons. The number of esters is 2. The summed E-state index contributed by atoms with van der Waals surface area (Å²) in [5.41, 5.74) is -0.00731. The third-order valence-electron chi connectivity index (χ3n) is 3.94. The SMILES string of the molecule is C=C(C)C(=O)OCCOCCOCCOCC(C)(C)OC(=O)C(=C)C.OCCOCCOCCOCCO. The van der Waals surface area contributed by atoms with E-state index in [-0.39, 0.29) is 26.4 Å². The lowest BCUT2D eigenvalue weighted by molar-refractivity contribution is -0.157. The number of rotatable bonds is 24. The van der Waals surface area contributed by atoms with Crippen LogP contribution in [0.3, 0.4) is 0 Å². The fourth-order valence-electron chi connectivity index (χ4n) is 2.11. The molecule has 0 bridgehead atoms. The first kappa shape index (κ1) is 38.2. The molecule has 0 aliphatic heterocycles. The Balaban J connectivity index is 0.